The molecule has 0 radical (unpaired) electrons. The summed E-state index contributed by atoms with van der Waals surface area (Å²) in [6.07, 6.45) is 0. The Bertz CT molecular complexity index is 689. The lowest BCUT2D eigenvalue weighted by molar-refractivity contribution is 1.16. The highest BCUT2D eigenvalue weighted by Crippen LogP contribution is 2.14. The van der Waals surface area contributed by atoms with Crippen LogP contribution in [-0.2, 0) is 0 Å². The lowest BCUT2D eigenvalue weighted by atomic mass is 10.2. The first kappa shape index (κ1) is 9.17. The zero-order chi connectivity index (χ0) is 11.0. The Morgan fingerprint density at radius 3 is 2.75 bits per heavy atom. The van der Waals surface area contributed by atoms with Gasteiger partial charge in [0.15, 0.2) is 5.52 Å². The molecule has 16 heavy (non-hydrogen) atoms. The van der Waals surface area contributed by atoms with Crippen LogP contribution in [0.25, 0.3) is 22.6 Å². The Morgan fingerprint density at radius 2 is 1.94 bits per heavy atom. The number of rotatable bonds is 1. The van der Waals surface area contributed by atoms with Crippen molar-refractivity contribution in [2.75, 3.05) is 0 Å². The number of aromatic nitrogens is 4. The topological polar surface area (TPSA) is 71.5 Å². The molecule has 0 amide bonds. The third-order valence-corrected chi connectivity index (χ3v) is 2.70. The molecule has 0 saturated carbocycles. The van der Waals surface area contributed by atoms with Crippen LogP contribution in [0.2, 0.25) is 0 Å². The average Bonchev–Trinajstić information content (AvgIpc) is 2.79. The quantitative estimate of drug-likeness (QED) is 0.686. The predicted molar refractivity (Wildman–Crippen MR) is 61.3 cm³/mol. The summed E-state index contributed by atoms with van der Waals surface area (Å²) in [6.45, 7) is 0. The molecule has 3 rings (SSSR count). The van der Waals surface area contributed by atoms with Gasteiger partial charge in [-0.15, -0.1) is 0 Å². The molecule has 0 spiro atoms. The van der Waals surface area contributed by atoms with Gasteiger partial charge in [0.25, 0.3) is 5.56 Å². The van der Waals surface area contributed by atoms with E-state index in [1.807, 2.05) is 30.3 Å². The highest BCUT2D eigenvalue weighted by molar-refractivity contribution is 7.00. The molecule has 0 aliphatic carbocycles. The third kappa shape index (κ3) is 1.40. The average molecular weight is 230 g/mol. The zero-order valence-electron chi connectivity index (χ0n) is 8.04. The van der Waals surface area contributed by atoms with Gasteiger partial charge in [-0.25, -0.2) is 4.98 Å². The van der Waals surface area contributed by atoms with Gasteiger partial charge < -0.3 is 4.98 Å². The van der Waals surface area contributed by atoms with Crippen LogP contribution in [0.1, 0.15) is 0 Å². The van der Waals surface area contributed by atoms with Crippen LogP contribution in [0.5, 0.6) is 0 Å². The number of aromatic amines is 1. The van der Waals surface area contributed by atoms with Crippen molar-refractivity contribution in [2.24, 2.45) is 0 Å². The Labute approximate surface area is 94.1 Å². The summed E-state index contributed by atoms with van der Waals surface area (Å²) in [4.78, 5) is 18.6. The molecule has 0 aliphatic rings. The summed E-state index contributed by atoms with van der Waals surface area (Å²) >= 11 is 0.988. The number of nitrogens with one attached hydrogen (secondary N) is 1. The second kappa shape index (κ2) is 3.49. The van der Waals surface area contributed by atoms with Crippen molar-refractivity contribution < 1.29 is 0 Å². The van der Waals surface area contributed by atoms with Crippen LogP contribution >= 0.6 is 11.7 Å². The predicted octanol–water partition coefficient (Wildman–Crippen LogP) is 1.44. The molecular formula is C10H6N4OS. The zero-order valence-corrected chi connectivity index (χ0v) is 8.86. The van der Waals surface area contributed by atoms with Gasteiger partial charge in [0.1, 0.15) is 5.82 Å². The van der Waals surface area contributed by atoms with E-state index in [2.05, 4.69) is 18.7 Å². The van der Waals surface area contributed by atoms with Crippen molar-refractivity contribution in [1.29, 1.82) is 0 Å². The summed E-state index contributed by atoms with van der Waals surface area (Å²) in [7, 11) is 0. The minimum Gasteiger partial charge on any atom is -0.304 e. The second-order valence-corrected chi connectivity index (χ2v) is 3.75. The van der Waals surface area contributed by atoms with E-state index in [1.165, 1.54) is 0 Å². The maximum Gasteiger partial charge on any atom is 0.280 e. The maximum atomic E-state index is 11.6. The fourth-order valence-electron chi connectivity index (χ4n) is 1.43. The van der Waals surface area contributed by atoms with Crippen molar-refractivity contribution in [3.8, 4) is 11.4 Å². The normalized spacial score (nSPS) is 10.8. The number of benzene rings is 1. The first-order valence-electron chi connectivity index (χ1n) is 4.62. The molecule has 78 valence electrons. The molecule has 0 aliphatic heterocycles. The SMILES string of the molecule is O=c1[nH]c(-c2ccccc2)nc2nsnc12. The first-order chi connectivity index (χ1) is 7.84. The van der Waals surface area contributed by atoms with Gasteiger partial charge in [0, 0.05) is 5.56 Å². The van der Waals surface area contributed by atoms with Gasteiger partial charge in [-0.2, -0.15) is 8.75 Å². The number of hydrogen-bond acceptors (Lipinski definition) is 5. The van der Waals surface area contributed by atoms with Gasteiger partial charge >= 0.3 is 0 Å². The summed E-state index contributed by atoms with van der Waals surface area (Å²) < 4.78 is 7.84. The van der Waals surface area contributed by atoms with E-state index < -0.39 is 0 Å². The molecule has 2 heterocycles. The van der Waals surface area contributed by atoms with Crippen molar-refractivity contribution in [3.63, 3.8) is 0 Å². The Kier molecular flexibility index (Phi) is 2.00. The van der Waals surface area contributed by atoms with Crippen molar-refractivity contribution in [2.45, 2.75) is 0 Å². The summed E-state index contributed by atoms with van der Waals surface area (Å²) in [5.74, 6) is 0.519. The van der Waals surface area contributed by atoms with E-state index in [0.29, 0.717) is 17.0 Å². The summed E-state index contributed by atoms with van der Waals surface area (Å²) in [5, 5.41) is 0. The van der Waals surface area contributed by atoms with Crippen LogP contribution in [0.15, 0.2) is 35.1 Å². The van der Waals surface area contributed by atoms with E-state index >= 15 is 0 Å². The van der Waals surface area contributed by atoms with Crippen LogP contribution in [0, 0.1) is 0 Å². The van der Waals surface area contributed by atoms with Gasteiger partial charge in [-0.1, -0.05) is 30.3 Å². The number of fused-ring (bicyclic) bond motifs is 1. The van der Waals surface area contributed by atoms with Crippen molar-refractivity contribution in [1.82, 2.24) is 18.7 Å². The fourth-order valence-corrected chi connectivity index (χ4v) is 1.93. The van der Waals surface area contributed by atoms with E-state index in [0.717, 1.165) is 17.3 Å². The van der Waals surface area contributed by atoms with Crippen molar-refractivity contribution in [3.05, 3.63) is 40.7 Å². The standard InChI is InChI=1S/C10H6N4OS/c15-10-7-9(14-16-13-7)11-8(12-10)6-4-2-1-3-5-6/h1-5H,(H,11,12,14,15). The highest BCUT2D eigenvalue weighted by Gasteiger charge is 2.08. The van der Waals surface area contributed by atoms with E-state index in [4.69, 9.17) is 0 Å². The van der Waals surface area contributed by atoms with E-state index in [-0.39, 0.29) is 5.56 Å². The third-order valence-electron chi connectivity index (χ3n) is 2.18. The molecular weight excluding hydrogens is 224 g/mol. The molecule has 1 aromatic carbocycles. The van der Waals surface area contributed by atoms with Gasteiger partial charge in [0.2, 0.25) is 5.65 Å². The minimum atomic E-state index is -0.252. The molecule has 6 heteroatoms. The summed E-state index contributed by atoms with van der Waals surface area (Å²) in [5.41, 5.74) is 1.30. The Hall–Kier alpha value is -2.08. The largest absolute Gasteiger partial charge is 0.304 e. The second-order valence-electron chi connectivity index (χ2n) is 3.22. The lowest BCUT2D eigenvalue weighted by Gasteiger charge is -1.98. The van der Waals surface area contributed by atoms with Crippen molar-refractivity contribution >= 4 is 22.9 Å². The number of H-pyrrole nitrogens is 1. The Balaban J connectivity index is 2.30. The minimum absolute atomic E-state index is 0.252. The molecule has 0 bridgehead atoms. The number of nitrogens with zero attached hydrogens (tertiary/aromatic N) is 3. The lowest BCUT2D eigenvalue weighted by Crippen LogP contribution is -2.09. The van der Waals surface area contributed by atoms with Crippen LogP contribution in [0.4, 0.5) is 0 Å². The van der Waals surface area contributed by atoms with Crippen LogP contribution < -0.4 is 5.56 Å². The van der Waals surface area contributed by atoms with Crippen LogP contribution in [-0.4, -0.2) is 18.7 Å². The van der Waals surface area contributed by atoms with Gasteiger partial charge in [-0.3, -0.25) is 4.79 Å². The molecule has 2 aromatic heterocycles. The molecule has 3 aromatic rings. The smallest absolute Gasteiger partial charge is 0.280 e. The number of hydrogen-bond donors (Lipinski definition) is 1. The van der Waals surface area contributed by atoms with E-state index in [9.17, 15) is 4.79 Å². The monoisotopic (exact) mass is 230 g/mol. The molecule has 5 nitrogen and oxygen atoms in total. The highest BCUT2D eigenvalue weighted by atomic mass is 32.1. The van der Waals surface area contributed by atoms with Gasteiger partial charge in [-0.05, 0) is 0 Å². The van der Waals surface area contributed by atoms with Gasteiger partial charge in [0.05, 0.1) is 11.7 Å². The van der Waals surface area contributed by atoms with Crippen LogP contribution in [0.3, 0.4) is 0 Å². The summed E-state index contributed by atoms with van der Waals surface area (Å²) in [6, 6.07) is 9.44. The molecule has 0 saturated heterocycles. The molecule has 0 atom stereocenters. The molecule has 1 N–H and O–H groups in total. The first-order valence-corrected chi connectivity index (χ1v) is 5.35. The fraction of sp³-hybridized carbons (Fsp3) is 0. The van der Waals surface area contributed by atoms with E-state index in [1.54, 1.807) is 0 Å². The Morgan fingerprint density at radius 1 is 1.12 bits per heavy atom. The maximum absolute atomic E-state index is 11.6. The molecule has 0 fully saturated rings. The molecule has 0 unspecified atom stereocenters.